The lowest BCUT2D eigenvalue weighted by atomic mass is 9.97. The van der Waals surface area contributed by atoms with Gasteiger partial charge in [0.2, 0.25) is 5.91 Å². The largest absolute Gasteiger partial charge is 0.492 e. The van der Waals surface area contributed by atoms with Crippen LogP contribution in [0.3, 0.4) is 0 Å². The van der Waals surface area contributed by atoms with Gasteiger partial charge in [-0.15, -0.1) is 0 Å². The second kappa shape index (κ2) is 5.08. The van der Waals surface area contributed by atoms with Crippen LogP contribution in [-0.4, -0.2) is 17.3 Å². The van der Waals surface area contributed by atoms with Gasteiger partial charge < -0.3 is 10.1 Å². The van der Waals surface area contributed by atoms with E-state index in [2.05, 4.69) is 40.3 Å². The number of alkyl halides is 1. The lowest BCUT2D eigenvalue weighted by Gasteiger charge is -2.31. The minimum Gasteiger partial charge on any atom is -0.492 e. The first-order chi connectivity index (χ1) is 8.11. The molecule has 0 bridgehead atoms. The monoisotopic (exact) mass is 297 g/mol. The predicted molar refractivity (Wildman–Crippen MR) is 70.6 cm³/mol. The van der Waals surface area contributed by atoms with Crippen molar-refractivity contribution in [2.75, 3.05) is 6.61 Å². The van der Waals surface area contributed by atoms with Crippen LogP contribution >= 0.6 is 15.9 Å². The lowest BCUT2D eigenvalue weighted by molar-refractivity contribution is -0.119. The third-order valence-corrected chi connectivity index (χ3v) is 3.73. The molecule has 1 aromatic rings. The third kappa shape index (κ3) is 2.63. The first kappa shape index (κ1) is 12.4. The molecule has 0 spiro atoms. The van der Waals surface area contributed by atoms with Crippen LogP contribution in [0.5, 0.6) is 5.75 Å². The van der Waals surface area contributed by atoms with Crippen molar-refractivity contribution in [2.24, 2.45) is 0 Å². The fraction of sp³-hybridized carbons (Fsp3) is 0.462. The molecule has 0 unspecified atom stereocenters. The van der Waals surface area contributed by atoms with E-state index in [0.29, 0.717) is 6.61 Å². The van der Waals surface area contributed by atoms with Gasteiger partial charge in [0.25, 0.3) is 0 Å². The third-order valence-electron chi connectivity index (χ3n) is 2.94. The Morgan fingerprint density at radius 2 is 2.35 bits per heavy atom. The van der Waals surface area contributed by atoms with Crippen LogP contribution in [0, 0.1) is 0 Å². The molecule has 0 aliphatic carbocycles. The van der Waals surface area contributed by atoms with Gasteiger partial charge in [0.15, 0.2) is 0 Å². The number of aryl methyl sites for hydroxylation is 1. The molecule has 0 aromatic heterocycles. The molecule has 17 heavy (non-hydrogen) atoms. The van der Waals surface area contributed by atoms with E-state index in [-0.39, 0.29) is 16.8 Å². The summed E-state index contributed by atoms with van der Waals surface area (Å²) in [6, 6.07) is 6.16. The van der Waals surface area contributed by atoms with Crippen molar-refractivity contribution in [3.05, 3.63) is 29.3 Å². The van der Waals surface area contributed by atoms with Gasteiger partial charge in [-0.1, -0.05) is 28.9 Å². The van der Waals surface area contributed by atoms with Crippen LogP contribution in [0.2, 0.25) is 0 Å². The number of hydrogen-bond donors (Lipinski definition) is 1. The quantitative estimate of drug-likeness (QED) is 0.852. The Morgan fingerprint density at radius 3 is 3.00 bits per heavy atom. The Kier molecular flexibility index (Phi) is 3.72. The van der Waals surface area contributed by atoms with E-state index in [1.54, 1.807) is 6.92 Å². The molecule has 1 N–H and O–H groups in total. The maximum absolute atomic E-state index is 11.2. The zero-order valence-corrected chi connectivity index (χ0v) is 11.6. The second-order valence-electron chi connectivity index (χ2n) is 4.23. The molecule has 1 amide bonds. The minimum absolute atomic E-state index is 0.0113. The molecule has 2 rings (SSSR count). The average molecular weight is 298 g/mol. The van der Waals surface area contributed by atoms with E-state index < -0.39 is 0 Å². The number of benzene rings is 1. The Balaban J connectivity index is 2.37. The molecule has 1 aliphatic heterocycles. The van der Waals surface area contributed by atoms with Gasteiger partial charge in [0.1, 0.15) is 12.4 Å². The lowest BCUT2D eigenvalue weighted by Crippen LogP contribution is -2.38. The number of amides is 1. The summed E-state index contributed by atoms with van der Waals surface area (Å²) < 4.78 is 5.65. The number of ether oxygens (including phenoxy) is 1. The fourth-order valence-electron chi connectivity index (χ4n) is 2.04. The van der Waals surface area contributed by atoms with Gasteiger partial charge in [0, 0.05) is 12.5 Å². The SMILES string of the molecule is CCc1ccc2c(c1)[C@H](NC(C)=O)[C@@H](Br)CO2. The highest BCUT2D eigenvalue weighted by atomic mass is 79.9. The first-order valence-corrected chi connectivity index (χ1v) is 6.70. The van der Waals surface area contributed by atoms with Crippen molar-refractivity contribution in [3.63, 3.8) is 0 Å². The van der Waals surface area contributed by atoms with Gasteiger partial charge in [-0.3, -0.25) is 4.79 Å². The molecule has 92 valence electrons. The standard InChI is InChI=1S/C13H16BrNO2/c1-3-9-4-5-12-10(6-9)13(15-8(2)16)11(14)7-17-12/h4-6,11,13H,3,7H2,1-2H3,(H,15,16)/t11-,13-/m0/s1. The van der Waals surface area contributed by atoms with Crippen molar-refractivity contribution in [1.82, 2.24) is 5.32 Å². The van der Waals surface area contributed by atoms with Gasteiger partial charge in [0.05, 0.1) is 10.9 Å². The molecule has 0 saturated heterocycles. The van der Waals surface area contributed by atoms with Crippen LogP contribution in [-0.2, 0) is 11.2 Å². The second-order valence-corrected chi connectivity index (χ2v) is 5.41. The van der Waals surface area contributed by atoms with Gasteiger partial charge in [-0.25, -0.2) is 0 Å². The number of halogens is 1. The summed E-state index contributed by atoms with van der Waals surface area (Å²) in [7, 11) is 0. The average Bonchev–Trinajstić information content (AvgIpc) is 2.32. The van der Waals surface area contributed by atoms with Crippen LogP contribution in [0.15, 0.2) is 18.2 Å². The summed E-state index contributed by atoms with van der Waals surface area (Å²) in [6.07, 6.45) is 0.979. The fourth-order valence-corrected chi connectivity index (χ4v) is 2.59. The number of fused-ring (bicyclic) bond motifs is 1. The van der Waals surface area contributed by atoms with Crippen molar-refractivity contribution >= 4 is 21.8 Å². The van der Waals surface area contributed by atoms with E-state index in [1.165, 1.54) is 5.56 Å². The zero-order valence-electron chi connectivity index (χ0n) is 10.00. The van der Waals surface area contributed by atoms with E-state index in [0.717, 1.165) is 17.7 Å². The number of rotatable bonds is 2. The minimum atomic E-state index is -0.0193. The molecule has 0 fully saturated rings. The van der Waals surface area contributed by atoms with Gasteiger partial charge in [-0.05, 0) is 24.1 Å². The van der Waals surface area contributed by atoms with E-state index in [4.69, 9.17) is 4.74 Å². The molecule has 1 aromatic carbocycles. The first-order valence-electron chi connectivity index (χ1n) is 5.78. The summed E-state index contributed by atoms with van der Waals surface area (Å²) in [5.74, 6) is 0.853. The predicted octanol–water partition coefficient (Wildman–Crippen LogP) is 2.58. The highest BCUT2D eigenvalue weighted by Gasteiger charge is 2.29. The molecule has 2 atom stereocenters. The normalized spacial score (nSPS) is 22.5. The summed E-state index contributed by atoms with van der Waals surface area (Å²) in [6.45, 7) is 4.23. The Hall–Kier alpha value is -1.03. The van der Waals surface area contributed by atoms with Crippen molar-refractivity contribution in [3.8, 4) is 5.75 Å². The van der Waals surface area contributed by atoms with E-state index >= 15 is 0 Å². The summed E-state index contributed by atoms with van der Waals surface area (Å²) in [5.41, 5.74) is 2.32. The van der Waals surface area contributed by atoms with Gasteiger partial charge >= 0.3 is 0 Å². The molecule has 3 nitrogen and oxygen atoms in total. The van der Waals surface area contributed by atoms with Crippen molar-refractivity contribution in [2.45, 2.75) is 31.1 Å². The molecular formula is C13H16BrNO2. The van der Waals surface area contributed by atoms with E-state index in [9.17, 15) is 4.79 Å². The van der Waals surface area contributed by atoms with Crippen LogP contribution < -0.4 is 10.1 Å². The maximum Gasteiger partial charge on any atom is 0.217 e. The number of carbonyl (C=O) groups is 1. The maximum atomic E-state index is 11.2. The number of carbonyl (C=O) groups excluding carboxylic acids is 1. The molecule has 1 aliphatic rings. The topological polar surface area (TPSA) is 38.3 Å². The zero-order chi connectivity index (χ0) is 12.4. The van der Waals surface area contributed by atoms with Crippen LogP contribution in [0.4, 0.5) is 0 Å². The van der Waals surface area contributed by atoms with Crippen LogP contribution in [0.25, 0.3) is 0 Å². The molecular weight excluding hydrogens is 282 g/mol. The summed E-state index contributed by atoms with van der Waals surface area (Å²) in [5, 5.41) is 2.97. The smallest absolute Gasteiger partial charge is 0.217 e. The highest BCUT2D eigenvalue weighted by molar-refractivity contribution is 9.09. The number of hydrogen-bond acceptors (Lipinski definition) is 2. The molecule has 0 saturated carbocycles. The summed E-state index contributed by atoms with van der Waals surface area (Å²) in [4.78, 5) is 11.4. The van der Waals surface area contributed by atoms with Gasteiger partial charge in [-0.2, -0.15) is 0 Å². The molecule has 0 radical (unpaired) electrons. The number of nitrogens with one attached hydrogen (secondary N) is 1. The van der Waals surface area contributed by atoms with Crippen molar-refractivity contribution in [1.29, 1.82) is 0 Å². The Labute approximate surface area is 110 Å². The van der Waals surface area contributed by atoms with Crippen LogP contribution in [0.1, 0.15) is 31.0 Å². The molecule has 1 heterocycles. The molecule has 4 heteroatoms. The Bertz CT molecular complexity index is 433. The van der Waals surface area contributed by atoms with Crippen molar-refractivity contribution < 1.29 is 9.53 Å². The van der Waals surface area contributed by atoms with E-state index in [1.807, 2.05) is 6.07 Å². The Morgan fingerprint density at radius 1 is 1.59 bits per heavy atom. The summed E-state index contributed by atoms with van der Waals surface area (Å²) >= 11 is 3.56. The highest BCUT2D eigenvalue weighted by Crippen LogP contribution is 2.36.